The third-order valence-electron chi connectivity index (χ3n) is 3.62. The van der Waals surface area contributed by atoms with Crippen molar-refractivity contribution in [2.75, 3.05) is 6.54 Å². The number of hydrogen-bond donors (Lipinski definition) is 2. The van der Waals surface area contributed by atoms with E-state index in [0.29, 0.717) is 13.0 Å². The molecule has 0 radical (unpaired) electrons. The third kappa shape index (κ3) is 3.57. The average molecular weight is 247 g/mol. The summed E-state index contributed by atoms with van der Waals surface area (Å²) in [6.45, 7) is 2.45. The molecular weight excluding hydrogens is 226 g/mol. The Labute approximate surface area is 108 Å². The third-order valence-corrected chi connectivity index (χ3v) is 3.62. The fourth-order valence-corrected chi connectivity index (χ4v) is 2.24. The van der Waals surface area contributed by atoms with Crippen LogP contribution in [0.1, 0.15) is 36.8 Å². The minimum absolute atomic E-state index is 0.0248. The largest absolute Gasteiger partial charge is 0.388 e. The van der Waals surface area contributed by atoms with Crippen molar-refractivity contribution in [1.82, 2.24) is 5.32 Å². The topological polar surface area (TPSA) is 49.3 Å². The van der Waals surface area contributed by atoms with E-state index < -0.39 is 5.60 Å². The Morgan fingerprint density at radius 2 is 2.22 bits per heavy atom. The first-order valence-corrected chi connectivity index (χ1v) is 6.62. The molecule has 2 rings (SSSR count). The molecule has 2 N–H and O–H groups in total. The fraction of sp³-hybridized carbons (Fsp3) is 0.533. The number of hydrogen-bond acceptors (Lipinski definition) is 2. The van der Waals surface area contributed by atoms with Gasteiger partial charge in [-0.2, -0.15) is 0 Å². The number of nitrogens with one attached hydrogen (secondary N) is 1. The summed E-state index contributed by atoms with van der Waals surface area (Å²) in [4.78, 5) is 11.7. The van der Waals surface area contributed by atoms with Gasteiger partial charge in [-0.3, -0.25) is 4.79 Å². The van der Waals surface area contributed by atoms with Crippen LogP contribution in [0, 0.1) is 6.92 Å². The highest BCUT2D eigenvalue weighted by Crippen LogP contribution is 2.30. The lowest BCUT2D eigenvalue weighted by Crippen LogP contribution is -2.47. The van der Waals surface area contributed by atoms with Gasteiger partial charge in [0.15, 0.2) is 0 Å². The predicted molar refractivity (Wildman–Crippen MR) is 71.3 cm³/mol. The molecule has 0 aliphatic heterocycles. The molecule has 0 aromatic heterocycles. The van der Waals surface area contributed by atoms with Crippen molar-refractivity contribution in [3.8, 4) is 0 Å². The van der Waals surface area contributed by atoms with Crippen LogP contribution in [0.4, 0.5) is 0 Å². The van der Waals surface area contributed by atoms with Crippen LogP contribution in [0.15, 0.2) is 24.3 Å². The first-order valence-electron chi connectivity index (χ1n) is 6.62. The van der Waals surface area contributed by atoms with E-state index in [9.17, 15) is 9.90 Å². The summed E-state index contributed by atoms with van der Waals surface area (Å²) in [5.41, 5.74) is 1.78. The molecule has 1 fully saturated rings. The molecule has 0 unspecified atom stereocenters. The molecule has 1 aliphatic carbocycles. The van der Waals surface area contributed by atoms with Crippen LogP contribution in [0.3, 0.4) is 0 Å². The van der Waals surface area contributed by atoms with Crippen molar-refractivity contribution in [2.45, 2.75) is 44.6 Å². The van der Waals surface area contributed by atoms with Gasteiger partial charge in [-0.1, -0.05) is 29.8 Å². The number of aryl methyl sites for hydroxylation is 2. The Hall–Kier alpha value is -1.35. The van der Waals surface area contributed by atoms with Gasteiger partial charge < -0.3 is 10.4 Å². The van der Waals surface area contributed by atoms with Gasteiger partial charge in [0.25, 0.3) is 0 Å². The summed E-state index contributed by atoms with van der Waals surface area (Å²) in [7, 11) is 0. The summed E-state index contributed by atoms with van der Waals surface area (Å²) < 4.78 is 0. The van der Waals surface area contributed by atoms with E-state index in [1.807, 2.05) is 12.1 Å². The minimum atomic E-state index is -0.626. The number of amides is 1. The fourth-order valence-electron chi connectivity index (χ4n) is 2.24. The van der Waals surface area contributed by atoms with E-state index in [-0.39, 0.29) is 5.91 Å². The smallest absolute Gasteiger partial charge is 0.220 e. The van der Waals surface area contributed by atoms with Crippen LogP contribution in [-0.2, 0) is 11.2 Å². The van der Waals surface area contributed by atoms with Crippen LogP contribution < -0.4 is 5.32 Å². The summed E-state index contributed by atoms with van der Waals surface area (Å²) in [5.74, 6) is 0.0248. The molecule has 1 aromatic carbocycles. The number of aliphatic hydroxyl groups is 1. The molecule has 0 atom stereocenters. The van der Waals surface area contributed by atoms with Crippen molar-refractivity contribution in [3.63, 3.8) is 0 Å². The van der Waals surface area contributed by atoms with Crippen molar-refractivity contribution in [1.29, 1.82) is 0 Å². The first kappa shape index (κ1) is 13.1. The van der Waals surface area contributed by atoms with Crippen molar-refractivity contribution < 1.29 is 9.90 Å². The highest BCUT2D eigenvalue weighted by atomic mass is 16.3. The van der Waals surface area contributed by atoms with Gasteiger partial charge >= 0.3 is 0 Å². The SMILES string of the molecule is Cc1cccc(CCC(=O)NCC2(O)CCC2)c1. The van der Waals surface area contributed by atoms with Crippen LogP contribution in [0.5, 0.6) is 0 Å². The molecule has 1 aliphatic rings. The van der Waals surface area contributed by atoms with E-state index in [0.717, 1.165) is 25.7 Å². The number of carbonyl (C=O) groups is 1. The first-order chi connectivity index (χ1) is 8.57. The second-order valence-corrected chi connectivity index (χ2v) is 5.34. The molecule has 0 saturated heterocycles. The molecular formula is C15H21NO2. The van der Waals surface area contributed by atoms with Crippen LogP contribution in [0.25, 0.3) is 0 Å². The van der Waals surface area contributed by atoms with Crippen LogP contribution in [-0.4, -0.2) is 23.2 Å². The van der Waals surface area contributed by atoms with E-state index in [1.165, 1.54) is 11.1 Å². The summed E-state index contributed by atoms with van der Waals surface area (Å²) in [6, 6.07) is 8.21. The molecule has 1 amide bonds. The highest BCUT2D eigenvalue weighted by molar-refractivity contribution is 5.76. The van der Waals surface area contributed by atoms with Gasteiger partial charge in [0.1, 0.15) is 0 Å². The van der Waals surface area contributed by atoms with Crippen molar-refractivity contribution >= 4 is 5.91 Å². The monoisotopic (exact) mass is 247 g/mol. The Morgan fingerprint density at radius 3 is 2.83 bits per heavy atom. The summed E-state index contributed by atoms with van der Waals surface area (Å²) in [5, 5.41) is 12.7. The van der Waals surface area contributed by atoms with E-state index in [1.54, 1.807) is 0 Å². The second-order valence-electron chi connectivity index (χ2n) is 5.34. The molecule has 0 spiro atoms. The lowest BCUT2D eigenvalue weighted by molar-refractivity contribution is -0.123. The van der Waals surface area contributed by atoms with E-state index >= 15 is 0 Å². The predicted octanol–water partition coefficient (Wildman–Crippen LogP) is 1.96. The molecule has 3 nitrogen and oxygen atoms in total. The van der Waals surface area contributed by atoms with Gasteiger partial charge in [0, 0.05) is 13.0 Å². The van der Waals surface area contributed by atoms with Crippen LogP contribution in [0.2, 0.25) is 0 Å². The van der Waals surface area contributed by atoms with Gasteiger partial charge in [0.2, 0.25) is 5.91 Å². The molecule has 1 aromatic rings. The minimum Gasteiger partial charge on any atom is -0.388 e. The van der Waals surface area contributed by atoms with Gasteiger partial charge in [-0.15, -0.1) is 0 Å². The normalized spacial score (nSPS) is 17.0. The maximum Gasteiger partial charge on any atom is 0.220 e. The van der Waals surface area contributed by atoms with E-state index in [4.69, 9.17) is 0 Å². The lowest BCUT2D eigenvalue weighted by atomic mass is 9.80. The average Bonchev–Trinajstić information content (AvgIpc) is 2.31. The number of rotatable bonds is 5. The second kappa shape index (κ2) is 5.53. The summed E-state index contributed by atoms with van der Waals surface area (Å²) >= 11 is 0. The quantitative estimate of drug-likeness (QED) is 0.835. The Kier molecular flexibility index (Phi) is 4.02. The zero-order valence-corrected chi connectivity index (χ0v) is 10.9. The maximum absolute atomic E-state index is 11.7. The van der Waals surface area contributed by atoms with Gasteiger partial charge in [-0.05, 0) is 38.2 Å². The molecule has 1 saturated carbocycles. The Morgan fingerprint density at radius 1 is 1.44 bits per heavy atom. The number of carbonyl (C=O) groups excluding carboxylic acids is 1. The molecule has 3 heteroatoms. The standard InChI is InChI=1S/C15H21NO2/c1-12-4-2-5-13(10-12)6-7-14(17)16-11-15(18)8-3-9-15/h2,4-5,10,18H,3,6-9,11H2,1H3,(H,16,17). The van der Waals surface area contributed by atoms with Gasteiger partial charge in [-0.25, -0.2) is 0 Å². The molecule has 18 heavy (non-hydrogen) atoms. The van der Waals surface area contributed by atoms with Crippen molar-refractivity contribution in [2.24, 2.45) is 0 Å². The lowest BCUT2D eigenvalue weighted by Gasteiger charge is -2.36. The van der Waals surface area contributed by atoms with Crippen molar-refractivity contribution in [3.05, 3.63) is 35.4 Å². The Bertz CT molecular complexity index is 424. The molecule has 0 bridgehead atoms. The zero-order valence-electron chi connectivity index (χ0n) is 10.9. The highest BCUT2D eigenvalue weighted by Gasteiger charge is 2.34. The van der Waals surface area contributed by atoms with Gasteiger partial charge in [0.05, 0.1) is 5.60 Å². The molecule has 98 valence electrons. The number of benzene rings is 1. The zero-order chi connectivity index (χ0) is 13.0. The maximum atomic E-state index is 11.7. The van der Waals surface area contributed by atoms with E-state index in [2.05, 4.69) is 24.4 Å². The summed E-state index contributed by atoms with van der Waals surface area (Å²) in [6.07, 6.45) is 3.93. The van der Waals surface area contributed by atoms with Crippen LogP contribution >= 0.6 is 0 Å². The molecule has 0 heterocycles. The Balaban J connectivity index is 1.71.